The molecule has 10 heteroatoms. The number of benzene rings is 2. The number of nitrogens with zero attached hydrogens (tertiary/aromatic N) is 2. The van der Waals surface area contributed by atoms with Crippen LogP contribution in [-0.4, -0.2) is 35.9 Å². The molecule has 0 saturated heterocycles. The van der Waals surface area contributed by atoms with E-state index in [1.165, 1.54) is 16.7 Å². The third-order valence-electron chi connectivity index (χ3n) is 5.52. The summed E-state index contributed by atoms with van der Waals surface area (Å²) < 4.78 is 19.6. The highest BCUT2D eigenvalue weighted by molar-refractivity contribution is 9.10. The molecular formula is C26H26Br2N2O6. The van der Waals surface area contributed by atoms with Gasteiger partial charge >= 0.3 is 11.7 Å². The number of esters is 1. The molecule has 0 saturated carbocycles. The minimum absolute atomic E-state index is 0.0348. The molecule has 0 N–H and O–H groups in total. The topological polar surface area (TPSA) is 88.8 Å². The Hall–Kier alpha value is -3.11. The molecule has 0 bridgehead atoms. The summed E-state index contributed by atoms with van der Waals surface area (Å²) in [7, 11) is 3.13. The van der Waals surface area contributed by atoms with Crippen molar-refractivity contribution in [2.75, 3.05) is 20.8 Å². The summed E-state index contributed by atoms with van der Waals surface area (Å²) in [6.45, 7) is 3.84. The van der Waals surface area contributed by atoms with Gasteiger partial charge in [0.2, 0.25) is 0 Å². The van der Waals surface area contributed by atoms with Crippen LogP contribution in [0.25, 0.3) is 6.08 Å². The second-order valence-electron chi connectivity index (χ2n) is 7.78. The average Bonchev–Trinajstić information content (AvgIpc) is 2.85. The Kier molecular flexibility index (Phi) is 9.33. The fourth-order valence-electron chi connectivity index (χ4n) is 3.66. The van der Waals surface area contributed by atoms with Crippen LogP contribution in [0.2, 0.25) is 0 Å². The monoisotopic (exact) mass is 620 g/mol. The number of hydrogen-bond donors (Lipinski definition) is 0. The zero-order valence-corrected chi connectivity index (χ0v) is 23.5. The number of ether oxygens (including phenoxy) is 3. The van der Waals surface area contributed by atoms with Gasteiger partial charge < -0.3 is 14.2 Å². The summed E-state index contributed by atoms with van der Waals surface area (Å²) in [6, 6.07) is 10.8. The number of rotatable bonds is 9. The Labute approximate surface area is 225 Å². The molecule has 8 nitrogen and oxygen atoms in total. The fourth-order valence-corrected chi connectivity index (χ4v) is 4.84. The van der Waals surface area contributed by atoms with E-state index < -0.39 is 17.2 Å². The molecule has 0 aliphatic heterocycles. The predicted octanol–water partition coefficient (Wildman–Crippen LogP) is 4.53. The van der Waals surface area contributed by atoms with E-state index in [-0.39, 0.29) is 25.3 Å². The first-order valence-electron chi connectivity index (χ1n) is 11.0. The van der Waals surface area contributed by atoms with E-state index in [0.717, 1.165) is 20.2 Å². The quantitative estimate of drug-likeness (QED) is 0.258. The first-order chi connectivity index (χ1) is 17.2. The number of methoxy groups -OCH3 is 2. The summed E-state index contributed by atoms with van der Waals surface area (Å²) in [5.74, 6) is 0.727. The second-order valence-corrected chi connectivity index (χ2v) is 9.49. The van der Waals surface area contributed by atoms with Crippen LogP contribution < -0.4 is 20.7 Å². The summed E-state index contributed by atoms with van der Waals surface area (Å²) in [5, 5.41) is 0. The maximum absolute atomic E-state index is 13.6. The van der Waals surface area contributed by atoms with Crippen molar-refractivity contribution < 1.29 is 19.0 Å². The van der Waals surface area contributed by atoms with E-state index in [0.29, 0.717) is 21.7 Å². The van der Waals surface area contributed by atoms with Gasteiger partial charge in [-0.2, -0.15) is 0 Å². The van der Waals surface area contributed by atoms with Crippen LogP contribution in [0, 0.1) is 6.92 Å². The first kappa shape index (κ1) is 27.5. The van der Waals surface area contributed by atoms with E-state index in [1.807, 2.05) is 12.1 Å². The van der Waals surface area contributed by atoms with Crippen molar-refractivity contribution in [2.24, 2.45) is 0 Å². The molecule has 0 aliphatic rings. The number of hydrogen-bond acceptors (Lipinski definition) is 6. The second kappa shape index (κ2) is 12.2. The normalized spacial score (nSPS) is 11.1. The van der Waals surface area contributed by atoms with Gasteiger partial charge in [-0.3, -0.25) is 13.9 Å². The summed E-state index contributed by atoms with van der Waals surface area (Å²) in [4.78, 5) is 38.9. The Morgan fingerprint density at radius 1 is 0.917 bits per heavy atom. The molecule has 0 radical (unpaired) electrons. The Bertz CT molecular complexity index is 1430. The van der Waals surface area contributed by atoms with Crippen molar-refractivity contribution in [3.63, 3.8) is 0 Å². The van der Waals surface area contributed by atoms with Crippen LogP contribution in [0.4, 0.5) is 0 Å². The van der Waals surface area contributed by atoms with Crippen LogP contribution in [0.3, 0.4) is 0 Å². The van der Waals surface area contributed by atoms with E-state index in [2.05, 4.69) is 31.9 Å². The van der Waals surface area contributed by atoms with E-state index in [9.17, 15) is 14.4 Å². The number of halogens is 2. The van der Waals surface area contributed by atoms with Crippen molar-refractivity contribution in [3.8, 4) is 11.5 Å². The molecule has 0 aliphatic carbocycles. The Balaban J connectivity index is 2.15. The van der Waals surface area contributed by atoms with Crippen LogP contribution in [0.1, 0.15) is 29.3 Å². The lowest BCUT2D eigenvalue weighted by molar-refractivity contribution is -0.137. The van der Waals surface area contributed by atoms with Gasteiger partial charge in [0.15, 0.2) is 0 Å². The van der Waals surface area contributed by atoms with E-state index in [1.54, 1.807) is 52.3 Å². The fraction of sp³-hybridized carbons (Fsp3) is 0.269. The third kappa shape index (κ3) is 6.17. The van der Waals surface area contributed by atoms with Crippen molar-refractivity contribution in [2.45, 2.75) is 26.9 Å². The van der Waals surface area contributed by atoms with Gasteiger partial charge in [0, 0.05) is 11.8 Å². The standard InChI is InChI=1S/C26H26Br2N2O6/c1-5-36-24(31)11-8-19-16(2)29(14-17-6-9-22(34-3)20(27)12-17)26(33)30(25(19)32)15-18-7-10-23(35-4)21(28)13-18/h6-13H,5,14-15H2,1-4H3/b11-8+. The van der Waals surface area contributed by atoms with Crippen LogP contribution in [-0.2, 0) is 22.6 Å². The molecule has 1 aromatic heterocycles. The molecule has 0 spiro atoms. The van der Waals surface area contributed by atoms with Gasteiger partial charge in [-0.05, 0) is 87.2 Å². The average molecular weight is 622 g/mol. The maximum Gasteiger partial charge on any atom is 0.331 e. The van der Waals surface area contributed by atoms with Gasteiger partial charge in [-0.15, -0.1) is 0 Å². The predicted molar refractivity (Wildman–Crippen MR) is 145 cm³/mol. The SMILES string of the molecule is CCOC(=O)/C=C/c1c(C)n(Cc2ccc(OC)c(Br)c2)c(=O)n(Cc2ccc(OC)c(Br)c2)c1=O. The molecule has 2 aromatic carbocycles. The molecule has 3 rings (SSSR count). The van der Waals surface area contributed by atoms with Crippen LogP contribution in [0.15, 0.2) is 61.0 Å². The minimum atomic E-state index is -0.571. The Morgan fingerprint density at radius 3 is 1.92 bits per heavy atom. The van der Waals surface area contributed by atoms with Gasteiger partial charge in [0.1, 0.15) is 11.5 Å². The maximum atomic E-state index is 13.6. The van der Waals surface area contributed by atoms with Gasteiger partial charge in [0.05, 0.1) is 48.4 Å². The highest BCUT2D eigenvalue weighted by Crippen LogP contribution is 2.27. The lowest BCUT2D eigenvalue weighted by Crippen LogP contribution is -2.42. The molecule has 36 heavy (non-hydrogen) atoms. The highest BCUT2D eigenvalue weighted by atomic mass is 79.9. The summed E-state index contributed by atoms with van der Waals surface area (Å²) >= 11 is 6.92. The smallest absolute Gasteiger partial charge is 0.331 e. The van der Waals surface area contributed by atoms with Crippen molar-refractivity contribution in [1.82, 2.24) is 9.13 Å². The van der Waals surface area contributed by atoms with Gasteiger partial charge in [-0.25, -0.2) is 9.59 Å². The molecule has 0 fully saturated rings. The largest absolute Gasteiger partial charge is 0.496 e. The molecule has 0 unspecified atom stereocenters. The van der Waals surface area contributed by atoms with E-state index in [4.69, 9.17) is 14.2 Å². The molecule has 0 amide bonds. The van der Waals surface area contributed by atoms with Crippen molar-refractivity contribution >= 4 is 43.9 Å². The number of carbonyl (C=O) groups excluding carboxylic acids is 1. The number of aromatic nitrogens is 2. The zero-order valence-electron chi connectivity index (χ0n) is 20.3. The summed E-state index contributed by atoms with van der Waals surface area (Å²) in [6.07, 6.45) is 2.59. The van der Waals surface area contributed by atoms with Crippen molar-refractivity contribution in [3.05, 3.63) is 94.6 Å². The molecule has 0 atom stereocenters. The Morgan fingerprint density at radius 2 is 1.44 bits per heavy atom. The molecule has 190 valence electrons. The van der Waals surface area contributed by atoms with Crippen molar-refractivity contribution in [1.29, 1.82) is 0 Å². The highest BCUT2D eigenvalue weighted by Gasteiger charge is 2.17. The number of carbonyl (C=O) groups is 1. The summed E-state index contributed by atoms with van der Waals surface area (Å²) in [5.41, 5.74) is 1.24. The lowest BCUT2D eigenvalue weighted by Gasteiger charge is -2.17. The minimum Gasteiger partial charge on any atom is -0.496 e. The van der Waals surface area contributed by atoms with Crippen LogP contribution >= 0.6 is 31.9 Å². The lowest BCUT2D eigenvalue weighted by atomic mass is 10.1. The van der Waals surface area contributed by atoms with E-state index >= 15 is 0 Å². The van der Waals surface area contributed by atoms with Gasteiger partial charge in [0.25, 0.3) is 5.56 Å². The first-order valence-corrected chi connectivity index (χ1v) is 12.6. The zero-order chi connectivity index (χ0) is 26.4. The third-order valence-corrected chi connectivity index (χ3v) is 6.76. The van der Waals surface area contributed by atoms with Crippen LogP contribution in [0.5, 0.6) is 11.5 Å². The van der Waals surface area contributed by atoms with Gasteiger partial charge in [-0.1, -0.05) is 12.1 Å². The molecular weight excluding hydrogens is 596 g/mol. The molecule has 3 aromatic rings. The molecule has 1 heterocycles.